The zero-order valence-electron chi connectivity index (χ0n) is 18.1. The van der Waals surface area contributed by atoms with Crippen LogP contribution in [-0.4, -0.2) is 32.9 Å². The number of imidazole rings is 1. The Labute approximate surface area is 181 Å². The van der Waals surface area contributed by atoms with Crippen LogP contribution >= 0.6 is 0 Å². The van der Waals surface area contributed by atoms with Gasteiger partial charge in [-0.1, -0.05) is 30.3 Å². The first-order valence-corrected chi connectivity index (χ1v) is 10.1. The monoisotopic (exact) mass is 421 g/mol. The minimum absolute atomic E-state index is 0.112. The summed E-state index contributed by atoms with van der Waals surface area (Å²) < 4.78 is 1.71. The van der Waals surface area contributed by atoms with Gasteiger partial charge in [0.25, 0.3) is 5.91 Å². The van der Waals surface area contributed by atoms with E-state index < -0.39 is 23.5 Å². The quantitative estimate of drug-likeness (QED) is 0.588. The minimum atomic E-state index is -0.561. The topological polar surface area (TPSA) is 105 Å². The molecule has 0 saturated heterocycles. The van der Waals surface area contributed by atoms with Gasteiger partial charge in [-0.25, -0.2) is 9.78 Å². The Morgan fingerprint density at radius 3 is 2.32 bits per heavy atom. The van der Waals surface area contributed by atoms with Crippen molar-refractivity contribution >= 4 is 28.9 Å². The van der Waals surface area contributed by atoms with Gasteiger partial charge in [-0.15, -0.1) is 0 Å². The molecule has 0 bridgehead atoms. The molecule has 8 nitrogen and oxygen atoms in total. The summed E-state index contributed by atoms with van der Waals surface area (Å²) in [5.41, 5.74) is 1.51. The van der Waals surface area contributed by atoms with E-state index in [-0.39, 0.29) is 12.5 Å². The highest BCUT2D eigenvalue weighted by molar-refractivity contribution is 5.95. The summed E-state index contributed by atoms with van der Waals surface area (Å²) in [7, 11) is 0. The van der Waals surface area contributed by atoms with Gasteiger partial charge in [0.05, 0.1) is 17.1 Å². The van der Waals surface area contributed by atoms with Crippen molar-refractivity contribution in [1.29, 1.82) is 0 Å². The van der Waals surface area contributed by atoms with Crippen molar-refractivity contribution in [3.8, 4) is 0 Å². The highest BCUT2D eigenvalue weighted by atomic mass is 16.2. The molecule has 3 N–H and O–H groups in total. The fourth-order valence-electron chi connectivity index (χ4n) is 3.21. The summed E-state index contributed by atoms with van der Waals surface area (Å²) >= 11 is 0. The number of fused-ring (bicyclic) bond motifs is 1. The predicted molar refractivity (Wildman–Crippen MR) is 118 cm³/mol. The third-order valence-corrected chi connectivity index (χ3v) is 4.50. The Balaban J connectivity index is 1.82. The van der Waals surface area contributed by atoms with E-state index in [0.717, 1.165) is 5.52 Å². The van der Waals surface area contributed by atoms with Crippen molar-refractivity contribution in [1.82, 2.24) is 25.5 Å². The zero-order valence-corrected chi connectivity index (χ0v) is 18.1. The van der Waals surface area contributed by atoms with Crippen LogP contribution in [0.2, 0.25) is 0 Å². The highest BCUT2D eigenvalue weighted by Gasteiger charge is 2.22. The lowest BCUT2D eigenvalue weighted by molar-refractivity contribution is -0.120. The molecule has 31 heavy (non-hydrogen) atoms. The van der Waals surface area contributed by atoms with Gasteiger partial charge >= 0.3 is 6.03 Å². The van der Waals surface area contributed by atoms with Crippen LogP contribution < -0.4 is 16.0 Å². The molecule has 3 rings (SSSR count). The van der Waals surface area contributed by atoms with E-state index in [1.165, 1.54) is 0 Å². The lowest BCUT2D eigenvalue weighted by Gasteiger charge is -2.20. The summed E-state index contributed by atoms with van der Waals surface area (Å²) in [4.78, 5) is 41.8. The van der Waals surface area contributed by atoms with Crippen LogP contribution in [0.3, 0.4) is 0 Å². The molecular weight excluding hydrogens is 394 g/mol. The molecule has 0 aliphatic heterocycles. The van der Waals surface area contributed by atoms with Crippen LogP contribution in [0.4, 0.5) is 4.79 Å². The Morgan fingerprint density at radius 1 is 1.00 bits per heavy atom. The van der Waals surface area contributed by atoms with Crippen molar-refractivity contribution < 1.29 is 14.4 Å². The predicted octanol–water partition coefficient (Wildman–Crippen LogP) is 3.15. The number of rotatable bonds is 5. The molecule has 0 aliphatic carbocycles. The molecule has 1 unspecified atom stereocenters. The van der Waals surface area contributed by atoms with Crippen molar-refractivity contribution in [2.75, 3.05) is 0 Å². The number of nitrogens with one attached hydrogen (secondary N) is 3. The molecule has 2 aromatic carbocycles. The van der Waals surface area contributed by atoms with Gasteiger partial charge in [0.2, 0.25) is 5.91 Å². The number of para-hydroxylation sites is 2. The third kappa shape index (κ3) is 5.69. The number of carbonyl (C=O) groups excluding carboxylic acids is 3. The van der Waals surface area contributed by atoms with E-state index in [2.05, 4.69) is 20.9 Å². The second kappa shape index (κ2) is 8.99. The molecular formula is C23H27N5O3. The molecule has 0 saturated carbocycles. The number of benzene rings is 2. The summed E-state index contributed by atoms with van der Waals surface area (Å²) in [6.07, 6.45) is 0. The first-order valence-electron chi connectivity index (χ1n) is 10.1. The zero-order chi connectivity index (χ0) is 22.6. The Bertz CT molecular complexity index is 1100. The first-order chi connectivity index (χ1) is 14.6. The summed E-state index contributed by atoms with van der Waals surface area (Å²) in [5.74, 6) is -0.190. The molecule has 1 heterocycles. The van der Waals surface area contributed by atoms with Crippen LogP contribution in [0.1, 0.15) is 49.9 Å². The third-order valence-electron chi connectivity index (χ3n) is 4.50. The van der Waals surface area contributed by atoms with Gasteiger partial charge in [-0.2, -0.15) is 0 Å². The Morgan fingerprint density at radius 2 is 1.65 bits per heavy atom. The average Bonchev–Trinajstić information content (AvgIpc) is 3.05. The van der Waals surface area contributed by atoms with Crippen molar-refractivity contribution in [3.05, 3.63) is 66.0 Å². The van der Waals surface area contributed by atoms with Crippen LogP contribution in [0.15, 0.2) is 54.6 Å². The van der Waals surface area contributed by atoms with E-state index in [9.17, 15) is 14.4 Å². The smallest absolute Gasteiger partial charge is 0.321 e. The number of aromatic nitrogens is 2. The largest absolute Gasteiger partial charge is 0.342 e. The molecule has 1 aromatic heterocycles. The summed E-state index contributed by atoms with van der Waals surface area (Å²) in [6, 6.07) is 15.3. The van der Waals surface area contributed by atoms with E-state index in [1.807, 2.05) is 58.0 Å². The Kier molecular flexibility index (Phi) is 6.39. The molecule has 0 fully saturated rings. The fourth-order valence-corrected chi connectivity index (χ4v) is 3.21. The van der Waals surface area contributed by atoms with E-state index >= 15 is 0 Å². The van der Waals surface area contributed by atoms with Gasteiger partial charge in [0, 0.05) is 11.1 Å². The van der Waals surface area contributed by atoms with Crippen LogP contribution in [0, 0.1) is 0 Å². The van der Waals surface area contributed by atoms with Crippen LogP contribution in [0.25, 0.3) is 11.0 Å². The second-order valence-corrected chi connectivity index (χ2v) is 8.36. The van der Waals surface area contributed by atoms with Crippen molar-refractivity contribution in [2.45, 2.75) is 45.8 Å². The SMILES string of the molecule is CC(NC(=O)c1ccccc1)c1nc2ccccc2n1CC(=O)NC(=O)NC(C)(C)C. The number of urea groups is 1. The van der Waals surface area contributed by atoms with E-state index in [0.29, 0.717) is 16.9 Å². The number of hydrogen-bond acceptors (Lipinski definition) is 4. The highest BCUT2D eigenvalue weighted by Crippen LogP contribution is 2.21. The molecule has 0 aliphatic rings. The van der Waals surface area contributed by atoms with Gasteiger partial charge in [0.15, 0.2) is 0 Å². The number of imide groups is 1. The fraction of sp³-hybridized carbons (Fsp3) is 0.304. The minimum Gasteiger partial charge on any atom is -0.342 e. The maximum atomic E-state index is 12.6. The molecule has 8 heteroatoms. The number of nitrogens with zero attached hydrogens (tertiary/aromatic N) is 2. The molecule has 4 amide bonds. The van der Waals surface area contributed by atoms with Gasteiger partial charge in [0.1, 0.15) is 12.4 Å². The maximum absolute atomic E-state index is 12.6. The molecule has 1 atom stereocenters. The maximum Gasteiger partial charge on any atom is 0.321 e. The molecule has 3 aromatic rings. The standard InChI is InChI=1S/C23H27N5O3/c1-15(24-21(30)16-10-6-5-7-11-16)20-25-17-12-8-9-13-18(17)28(20)14-19(29)26-22(31)27-23(2,3)4/h5-13,15H,14H2,1-4H3,(H,24,30)(H2,26,27,29,31). The van der Waals surface area contributed by atoms with Crippen LogP contribution in [-0.2, 0) is 11.3 Å². The van der Waals surface area contributed by atoms with Gasteiger partial charge < -0.3 is 15.2 Å². The van der Waals surface area contributed by atoms with E-state index in [4.69, 9.17) is 0 Å². The normalized spacial score (nSPS) is 12.3. The molecule has 0 radical (unpaired) electrons. The van der Waals surface area contributed by atoms with E-state index in [1.54, 1.807) is 28.8 Å². The lowest BCUT2D eigenvalue weighted by atomic mass is 10.1. The summed E-state index contributed by atoms with van der Waals surface area (Å²) in [6.45, 7) is 7.18. The van der Waals surface area contributed by atoms with Gasteiger partial charge in [-0.05, 0) is 52.0 Å². The number of carbonyl (C=O) groups is 3. The van der Waals surface area contributed by atoms with Gasteiger partial charge in [-0.3, -0.25) is 14.9 Å². The van der Waals surface area contributed by atoms with Crippen molar-refractivity contribution in [3.63, 3.8) is 0 Å². The Hall–Kier alpha value is -3.68. The first kappa shape index (κ1) is 22.0. The average molecular weight is 422 g/mol. The number of hydrogen-bond donors (Lipinski definition) is 3. The summed E-state index contributed by atoms with van der Waals surface area (Å²) in [5, 5.41) is 7.97. The molecule has 0 spiro atoms. The lowest BCUT2D eigenvalue weighted by Crippen LogP contribution is -2.49. The van der Waals surface area contributed by atoms with Crippen molar-refractivity contribution in [2.24, 2.45) is 0 Å². The molecule has 162 valence electrons. The van der Waals surface area contributed by atoms with Crippen LogP contribution in [0.5, 0.6) is 0 Å². The number of amides is 4. The second-order valence-electron chi connectivity index (χ2n) is 8.36.